The normalized spacial score (nSPS) is 12.3. The van der Waals surface area contributed by atoms with Crippen LogP contribution in [0.2, 0.25) is 0 Å². The molecule has 0 aromatic carbocycles. The second kappa shape index (κ2) is 4.89. The SMILES string of the molecule is Cc1ccc(C(=O)N[C@H](C)CN)c(C)n1. The summed E-state index contributed by atoms with van der Waals surface area (Å²) in [6.45, 7) is 6.03. The summed E-state index contributed by atoms with van der Waals surface area (Å²) in [4.78, 5) is 16.0. The molecule has 0 aliphatic rings. The first kappa shape index (κ1) is 11.7. The molecule has 0 aliphatic heterocycles. The first-order valence-electron chi connectivity index (χ1n) is 4.99. The summed E-state index contributed by atoms with van der Waals surface area (Å²) in [5, 5.41) is 2.80. The number of nitrogens with two attached hydrogens (primary N) is 1. The van der Waals surface area contributed by atoms with E-state index in [1.54, 1.807) is 6.07 Å². The van der Waals surface area contributed by atoms with Gasteiger partial charge < -0.3 is 11.1 Å². The Bertz CT molecular complexity index is 363. The molecule has 1 aromatic rings. The zero-order valence-corrected chi connectivity index (χ0v) is 9.37. The van der Waals surface area contributed by atoms with E-state index in [0.29, 0.717) is 12.1 Å². The highest BCUT2D eigenvalue weighted by atomic mass is 16.1. The van der Waals surface area contributed by atoms with Crippen LogP contribution >= 0.6 is 0 Å². The van der Waals surface area contributed by atoms with E-state index in [9.17, 15) is 4.79 Å². The van der Waals surface area contributed by atoms with Gasteiger partial charge in [0.1, 0.15) is 0 Å². The summed E-state index contributed by atoms with van der Waals surface area (Å²) in [6, 6.07) is 3.60. The molecule has 4 nitrogen and oxygen atoms in total. The van der Waals surface area contributed by atoms with Gasteiger partial charge in [-0.1, -0.05) is 0 Å². The summed E-state index contributed by atoms with van der Waals surface area (Å²) >= 11 is 0. The maximum absolute atomic E-state index is 11.7. The Balaban J connectivity index is 2.82. The molecule has 0 aliphatic carbocycles. The summed E-state index contributed by atoms with van der Waals surface area (Å²) in [5.41, 5.74) is 7.70. The van der Waals surface area contributed by atoms with Crippen LogP contribution in [0, 0.1) is 13.8 Å². The Morgan fingerprint density at radius 2 is 2.20 bits per heavy atom. The Morgan fingerprint density at radius 3 is 2.73 bits per heavy atom. The molecule has 3 N–H and O–H groups in total. The summed E-state index contributed by atoms with van der Waals surface area (Å²) in [6.07, 6.45) is 0. The number of aryl methyl sites for hydroxylation is 2. The number of carbonyl (C=O) groups excluding carboxylic acids is 1. The zero-order valence-electron chi connectivity index (χ0n) is 9.37. The van der Waals surface area contributed by atoms with Gasteiger partial charge in [-0.05, 0) is 32.9 Å². The number of aromatic nitrogens is 1. The Hall–Kier alpha value is -1.42. The van der Waals surface area contributed by atoms with E-state index in [2.05, 4.69) is 10.3 Å². The van der Waals surface area contributed by atoms with Gasteiger partial charge >= 0.3 is 0 Å². The average molecular weight is 207 g/mol. The summed E-state index contributed by atoms with van der Waals surface area (Å²) in [5.74, 6) is -0.113. The van der Waals surface area contributed by atoms with Gasteiger partial charge in [0.2, 0.25) is 0 Å². The molecule has 15 heavy (non-hydrogen) atoms. The topological polar surface area (TPSA) is 68.0 Å². The van der Waals surface area contributed by atoms with Crippen LogP contribution in [0.4, 0.5) is 0 Å². The minimum atomic E-state index is -0.113. The fourth-order valence-electron chi connectivity index (χ4n) is 1.29. The molecule has 1 amide bonds. The van der Waals surface area contributed by atoms with E-state index in [0.717, 1.165) is 11.4 Å². The highest BCUT2D eigenvalue weighted by molar-refractivity contribution is 5.95. The average Bonchev–Trinajstić information content (AvgIpc) is 2.17. The highest BCUT2D eigenvalue weighted by Gasteiger charge is 2.11. The summed E-state index contributed by atoms with van der Waals surface area (Å²) in [7, 11) is 0. The van der Waals surface area contributed by atoms with E-state index in [1.807, 2.05) is 26.8 Å². The number of amides is 1. The van der Waals surface area contributed by atoms with Crippen molar-refractivity contribution in [3.63, 3.8) is 0 Å². The van der Waals surface area contributed by atoms with E-state index in [4.69, 9.17) is 5.73 Å². The Kier molecular flexibility index (Phi) is 3.80. The van der Waals surface area contributed by atoms with Crippen molar-refractivity contribution in [1.29, 1.82) is 0 Å². The zero-order chi connectivity index (χ0) is 11.4. The fourth-order valence-corrected chi connectivity index (χ4v) is 1.29. The van der Waals surface area contributed by atoms with Gasteiger partial charge in [0.05, 0.1) is 11.3 Å². The standard InChI is InChI=1S/C11H17N3O/c1-7-4-5-10(9(3)13-7)11(15)14-8(2)6-12/h4-5,8H,6,12H2,1-3H3,(H,14,15)/t8-/m1/s1. The van der Waals surface area contributed by atoms with Crippen LogP contribution in [0.5, 0.6) is 0 Å². The van der Waals surface area contributed by atoms with Crippen LogP contribution < -0.4 is 11.1 Å². The Morgan fingerprint density at radius 1 is 1.53 bits per heavy atom. The van der Waals surface area contributed by atoms with Crippen molar-refractivity contribution in [2.45, 2.75) is 26.8 Å². The van der Waals surface area contributed by atoms with Crippen molar-refractivity contribution < 1.29 is 4.79 Å². The van der Waals surface area contributed by atoms with Gasteiger partial charge in [-0.15, -0.1) is 0 Å². The minimum absolute atomic E-state index is 0.0156. The first-order chi connectivity index (χ1) is 7.04. The van der Waals surface area contributed by atoms with Crippen LogP contribution in [-0.4, -0.2) is 23.5 Å². The summed E-state index contributed by atoms with van der Waals surface area (Å²) < 4.78 is 0. The molecule has 0 spiro atoms. The monoisotopic (exact) mass is 207 g/mol. The van der Waals surface area contributed by atoms with Gasteiger partial charge in [0, 0.05) is 18.3 Å². The van der Waals surface area contributed by atoms with E-state index in [1.165, 1.54) is 0 Å². The molecular weight excluding hydrogens is 190 g/mol. The van der Waals surface area contributed by atoms with Crippen LogP contribution in [0.3, 0.4) is 0 Å². The number of rotatable bonds is 3. The third-order valence-corrected chi connectivity index (χ3v) is 2.20. The predicted molar refractivity (Wildman–Crippen MR) is 59.7 cm³/mol. The molecule has 0 bridgehead atoms. The van der Waals surface area contributed by atoms with E-state index >= 15 is 0 Å². The van der Waals surface area contributed by atoms with Crippen LogP contribution in [-0.2, 0) is 0 Å². The van der Waals surface area contributed by atoms with Gasteiger partial charge in [0.25, 0.3) is 5.91 Å². The molecular formula is C11H17N3O. The number of hydrogen-bond acceptors (Lipinski definition) is 3. The predicted octanol–water partition coefficient (Wildman–Crippen LogP) is 0.775. The smallest absolute Gasteiger partial charge is 0.253 e. The molecule has 1 atom stereocenters. The lowest BCUT2D eigenvalue weighted by Crippen LogP contribution is -2.38. The molecule has 4 heteroatoms. The van der Waals surface area contributed by atoms with Crippen molar-refractivity contribution in [2.75, 3.05) is 6.54 Å². The lowest BCUT2D eigenvalue weighted by molar-refractivity contribution is 0.0940. The molecule has 82 valence electrons. The quantitative estimate of drug-likeness (QED) is 0.769. The molecule has 0 radical (unpaired) electrons. The van der Waals surface area contributed by atoms with Crippen molar-refractivity contribution in [3.8, 4) is 0 Å². The minimum Gasteiger partial charge on any atom is -0.348 e. The largest absolute Gasteiger partial charge is 0.348 e. The number of pyridine rings is 1. The van der Waals surface area contributed by atoms with Crippen molar-refractivity contribution >= 4 is 5.91 Å². The van der Waals surface area contributed by atoms with Crippen LogP contribution in [0.25, 0.3) is 0 Å². The molecule has 1 heterocycles. The lowest BCUT2D eigenvalue weighted by Gasteiger charge is -2.12. The third kappa shape index (κ3) is 3.02. The fraction of sp³-hybridized carbons (Fsp3) is 0.455. The number of nitrogens with one attached hydrogen (secondary N) is 1. The van der Waals surface area contributed by atoms with Gasteiger partial charge in [-0.3, -0.25) is 9.78 Å². The van der Waals surface area contributed by atoms with Crippen LogP contribution in [0.15, 0.2) is 12.1 Å². The van der Waals surface area contributed by atoms with Crippen molar-refractivity contribution in [3.05, 3.63) is 29.1 Å². The van der Waals surface area contributed by atoms with Crippen LogP contribution in [0.1, 0.15) is 28.7 Å². The molecule has 0 saturated carbocycles. The van der Waals surface area contributed by atoms with Crippen molar-refractivity contribution in [2.24, 2.45) is 5.73 Å². The van der Waals surface area contributed by atoms with Crippen molar-refractivity contribution in [1.82, 2.24) is 10.3 Å². The van der Waals surface area contributed by atoms with Gasteiger partial charge in [-0.2, -0.15) is 0 Å². The molecule has 0 unspecified atom stereocenters. The van der Waals surface area contributed by atoms with E-state index < -0.39 is 0 Å². The number of nitrogens with zero attached hydrogens (tertiary/aromatic N) is 1. The van der Waals surface area contributed by atoms with Gasteiger partial charge in [-0.25, -0.2) is 0 Å². The molecule has 1 rings (SSSR count). The van der Waals surface area contributed by atoms with E-state index in [-0.39, 0.29) is 11.9 Å². The molecule has 1 aromatic heterocycles. The van der Waals surface area contributed by atoms with Gasteiger partial charge in [0.15, 0.2) is 0 Å². The first-order valence-corrected chi connectivity index (χ1v) is 4.99. The molecule has 0 fully saturated rings. The number of hydrogen-bond donors (Lipinski definition) is 2. The second-order valence-electron chi connectivity index (χ2n) is 3.70. The molecule has 0 saturated heterocycles. The Labute approximate surface area is 89.9 Å². The lowest BCUT2D eigenvalue weighted by atomic mass is 10.1. The second-order valence-corrected chi connectivity index (χ2v) is 3.70. The maximum Gasteiger partial charge on any atom is 0.253 e. The maximum atomic E-state index is 11.7. The highest BCUT2D eigenvalue weighted by Crippen LogP contribution is 2.06. The third-order valence-electron chi connectivity index (χ3n) is 2.20. The number of carbonyl (C=O) groups is 1.